The van der Waals surface area contributed by atoms with E-state index in [2.05, 4.69) is 61.9 Å². The fourth-order valence-corrected chi connectivity index (χ4v) is 3.04. The summed E-state index contributed by atoms with van der Waals surface area (Å²) in [5.74, 6) is 0. The second-order valence-corrected chi connectivity index (χ2v) is 5.63. The van der Waals surface area contributed by atoms with Gasteiger partial charge in [0.25, 0.3) is 0 Å². The Morgan fingerprint density at radius 1 is 1.23 bits per heavy atom. The van der Waals surface area contributed by atoms with E-state index in [1.165, 1.54) is 5.56 Å². The van der Waals surface area contributed by atoms with Crippen molar-refractivity contribution in [1.29, 1.82) is 0 Å². The standard InChI is InChI=1S/C16H18N6/c1-12-9-15(16-19-18-11-22(16)20-12)21-8-7-17-14(10-21)13-5-3-2-4-6-13/h2-6,9,11,14,17H,7-8,10H2,1H3. The van der Waals surface area contributed by atoms with Crippen molar-refractivity contribution in [2.45, 2.75) is 13.0 Å². The molecule has 1 saturated heterocycles. The zero-order valence-corrected chi connectivity index (χ0v) is 12.5. The van der Waals surface area contributed by atoms with Gasteiger partial charge in [0.1, 0.15) is 6.33 Å². The van der Waals surface area contributed by atoms with Gasteiger partial charge in [-0.3, -0.25) is 0 Å². The minimum Gasteiger partial charge on any atom is -0.365 e. The van der Waals surface area contributed by atoms with Crippen LogP contribution in [0.25, 0.3) is 5.65 Å². The monoisotopic (exact) mass is 294 g/mol. The Bertz CT molecular complexity index is 782. The Kier molecular flexibility index (Phi) is 3.23. The smallest absolute Gasteiger partial charge is 0.200 e. The molecule has 1 N–H and O–H groups in total. The van der Waals surface area contributed by atoms with Gasteiger partial charge in [0.2, 0.25) is 5.65 Å². The number of fused-ring (bicyclic) bond motifs is 1. The van der Waals surface area contributed by atoms with Gasteiger partial charge in [-0.25, -0.2) is 0 Å². The molecule has 6 nitrogen and oxygen atoms in total. The van der Waals surface area contributed by atoms with Gasteiger partial charge in [-0.1, -0.05) is 30.3 Å². The lowest BCUT2D eigenvalue weighted by Gasteiger charge is -2.35. The van der Waals surface area contributed by atoms with E-state index >= 15 is 0 Å². The Labute approximate surface area is 128 Å². The van der Waals surface area contributed by atoms with Crippen LogP contribution in [0.4, 0.5) is 5.69 Å². The molecular weight excluding hydrogens is 276 g/mol. The van der Waals surface area contributed by atoms with E-state index in [1.807, 2.05) is 6.92 Å². The van der Waals surface area contributed by atoms with Gasteiger partial charge in [0.05, 0.1) is 11.4 Å². The molecule has 4 rings (SSSR count). The average molecular weight is 294 g/mol. The molecule has 0 amide bonds. The van der Waals surface area contributed by atoms with Crippen LogP contribution >= 0.6 is 0 Å². The number of nitrogens with zero attached hydrogens (tertiary/aromatic N) is 5. The van der Waals surface area contributed by atoms with Gasteiger partial charge in [0.15, 0.2) is 0 Å². The molecular formula is C16H18N6. The molecule has 0 radical (unpaired) electrons. The lowest BCUT2D eigenvalue weighted by atomic mass is 10.0. The van der Waals surface area contributed by atoms with Crippen LogP contribution in [-0.2, 0) is 0 Å². The Morgan fingerprint density at radius 2 is 2.09 bits per heavy atom. The molecule has 1 unspecified atom stereocenters. The Hall–Kier alpha value is -2.47. The zero-order chi connectivity index (χ0) is 14.9. The number of aromatic nitrogens is 4. The minimum absolute atomic E-state index is 0.325. The number of hydrogen-bond acceptors (Lipinski definition) is 5. The number of aryl methyl sites for hydroxylation is 1. The molecule has 1 aliphatic rings. The maximum absolute atomic E-state index is 4.42. The van der Waals surface area contributed by atoms with Gasteiger partial charge >= 0.3 is 0 Å². The van der Waals surface area contributed by atoms with Crippen molar-refractivity contribution in [2.24, 2.45) is 0 Å². The number of nitrogens with one attached hydrogen (secondary N) is 1. The third kappa shape index (κ3) is 2.31. The van der Waals surface area contributed by atoms with Crippen molar-refractivity contribution in [3.05, 3.63) is 54.0 Å². The predicted molar refractivity (Wildman–Crippen MR) is 84.9 cm³/mol. The van der Waals surface area contributed by atoms with Gasteiger partial charge < -0.3 is 10.2 Å². The predicted octanol–water partition coefficient (Wildman–Crippen LogP) is 1.58. The summed E-state index contributed by atoms with van der Waals surface area (Å²) in [6, 6.07) is 13.0. The van der Waals surface area contributed by atoms with Crippen molar-refractivity contribution >= 4 is 11.3 Å². The molecule has 6 heteroatoms. The van der Waals surface area contributed by atoms with Crippen LogP contribution in [0.3, 0.4) is 0 Å². The first-order valence-electron chi connectivity index (χ1n) is 7.52. The Morgan fingerprint density at radius 3 is 2.95 bits per heavy atom. The van der Waals surface area contributed by atoms with E-state index in [1.54, 1.807) is 10.8 Å². The van der Waals surface area contributed by atoms with E-state index in [9.17, 15) is 0 Å². The van der Waals surface area contributed by atoms with Crippen LogP contribution in [0.5, 0.6) is 0 Å². The maximum Gasteiger partial charge on any atom is 0.200 e. The van der Waals surface area contributed by atoms with Crippen LogP contribution < -0.4 is 10.2 Å². The van der Waals surface area contributed by atoms with Crippen molar-refractivity contribution in [2.75, 3.05) is 24.5 Å². The summed E-state index contributed by atoms with van der Waals surface area (Å²) in [5, 5.41) is 16.2. The third-order valence-corrected chi connectivity index (χ3v) is 4.09. The summed E-state index contributed by atoms with van der Waals surface area (Å²) in [7, 11) is 0. The lowest BCUT2D eigenvalue weighted by Crippen LogP contribution is -2.46. The summed E-state index contributed by atoms with van der Waals surface area (Å²) >= 11 is 0. The number of benzene rings is 1. The van der Waals surface area contributed by atoms with Crippen molar-refractivity contribution < 1.29 is 0 Å². The second kappa shape index (κ2) is 5.38. The van der Waals surface area contributed by atoms with E-state index in [0.29, 0.717) is 6.04 Å². The summed E-state index contributed by atoms with van der Waals surface area (Å²) in [6.45, 7) is 4.81. The van der Waals surface area contributed by atoms with Gasteiger partial charge in [0, 0.05) is 25.7 Å². The molecule has 1 aromatic carbocycles. The molecule has 0 saturated carbocycles. The largest absolute Gasteiger partial charge is 0.365 e. The lowest BCUT2D eigenvalue weighted by molar-refractivity contribution is 0.472. The topological polar surface area (TPSA) is 58.3 Å². The quantitative estimate of drug-likeness (QED) is 0.777. The Balaban J connectivity index is 1.68. The molecule has 1 fully saturated rings. The highest BCUT2D eigenvalue weighted by molar-refractivity contribution is 5.68. The highest BCUT2D eigenvalue weighted by atomic mass is 15.4. The SMILES string of the molecule is Cc1cc(N2CCNC(c3ccccc3)C2)c2nncn2n1. The molecule has 3 heterocycles. The van der Waals surface area contributed by atoms with Crippen LogP contribution in [0, 0.1) is 6.92 Å². The molecule has 1 atom stereocenters. The highest BCUT2D eigenvalue weighted by Crippen LogP contribution is 2.25. The van der Waals surface area contributed by atoms with Gasteiger partial charge in [-0.05, 0) is 18.6 Å². The van der Waals surface area contributed by atoms with Crippen molar-refractivity contribution in [3.8, 4) is 0 Å². The number of rotatable bonds is 2. The molecule has 0 spiro atoms. The van der Waals surface area contributed by atoms with E-state index < -0.39 is 0 Å². The molecule has 112 valence electrons. The molecule has 1 aliphatic heterocycles. The molecule has 0 bridgehead atoms. The second-order valence-electron chi connectivity index (χ2n) is 5.63. The van der Waals surface area contributed by atoms with Crippen molar-refractivity contribution in [1.82, 2.24) is 25.1 Å². The highest BCUT2D eigenvalue weighted by Gasteiger charge is 2.23. The third-order valence-electron chi connectivity index (χ3n) is 4.09. The normalized spacial score (nSPS) is 18.8. The summed E-state index contributed by atoms with van der Waals surface area (Å²) in [6.07, 6.45) is 1.66. The van der Waals surface area contributed by atoms with Crippen molar-refractivity contribution in [3.63, 3.8) is 0 Å². The first-order valence-corrected chi connectivity index (χ1v) is 7.52. The average Bonchev–Trinajstić information content (AvgIpc) is 3.03. The zero-order valence-electron chi connectivity index (χ0n) is 12.5. The molecule has 22 heavy (non-hydrogen) atoms. The summed E-state index contributed by atoms with van der Waals surface area (Å²) in [5.41, 5.74) is 4.21. The minimum atomic E-state index is 0.325. The first kappa shape index (κ1) is 13.2. The van der Waals surface area contributed by atoms with E-state index in [4.69, 9.17) is 0 Å². The van der Waals surface area contributed by atoms with Gasteiger partial charge in [-0.2, -0.15) is 9.61 Å². The summed E-state index contributed by atoms with van der Waals surface area (Å²) < 4.78 is 1.75. The van der Waals surface area contributed by atoms with Gasteiger partial charge in [-0.15, -0.1) is 10.2 Å². The van der Waals surface area contributed by atoms with E-state index in [-0.39, 0.29) is 0 Å². The fraction of sp³-hybridized carbons (Fsp3) is 0.312. The fourth-order valence-electron chi connectivity index (χ4n) is 3.04. The molecule has 0 aliphatic carbocycles. The number of anilines is 1. The van der Waals surface area contributed by atoms with Crippen LogP contribution in [0.2, 0.25) is 0 Å². The van der Waals surface area contributed by atoms with Crippen LogP contribution in [-0.4, -0.2) is 39.4 Å². The summed E-state index contributed by atoms with van der Waals surface area (Å²) in [4.78, 5) is 2.37. The number of hydrogen-bond donors (Lipinski definition) is 1. The van der Waals surface area contributed by atoms with Crippen LogP contribution in [0.15, 0.2) is 42.7 Å². The number of piperazine rings is 1. The molecule has 3 aromatic rings. The van der Waals surface area contributed by atoms with E-state index in [0.717, 1.165) is 36.7 Å². The first-order chi connectivity index (χ1) is 10.8. The van der Waals surface area contributed by atoms with Crippen LogP contribution in [0.1, 0.15) is 17.3 Å². The maximum atomic E-state index is 4.42. The molecule has 2 aromatic heterocycles.